The number of nitrogens with zero attached hydrogens (tertiary/aromatic N) is 3. The van der Waals surface area contributed by atoms with Gasteiger partial charge in [-0.1, -0.05) is 11.6 Å². The normalized spacial score (nSPS) is 23.2. The molecular weight excluding hydrogens is 542 g/mol. The third kappa shape index (κ3) is 6.77. The maximum Gasteiger partial charge on any atom is 0.434 e. The summed E-state index contributed by atoms with van der Waals surface area (Å²) in [5, 5.41) is 3.53. The van der Waals surface area contributed by atoms with Crippen LogP contribution in [0.15, 0.2) is 18.2 Å². The number of hydrogen-bond donors (Lipinski definition) is 1. The zero-order valence-corrected chi connectivity index (χ0v) is 21.4. The average Bonchev–Trinajstić information content (AvgIpc) is 3.35. The second-order valence-electron chi connectivity index (χ2n) is 10.2. The largest absolute Gasteiger partial charge is 0.434 e. The van der Waals surface area contributed by atoms with Gasteiger partial charge in [0, 0.05) is 69.5 Å². The Bertz CT molecular complexity index is 1000. The number of rotatable bonds is 5. The number of benzene rings is 1. The van der Waals surface area contributed by atoms with Crippen LogP contribution in [0.3, 0.4) is 0 Å². The number of carbonyl (C=O) groups excluding carboxylic acids is 2. The lowest BCUT2D eigenvalue weighted by Gasteiger charge is -2.35. The molecule has 14 heteroatoms. The lowest BCUT2D eigenvalue weighted by Crippen LogP contribution is -2.48. The Morgan fingerprint density at radius 3 is 2.13 bits per heavy atom. The first-order valence-electron chi connectivity index (χ1n) is 12.3. The maximum atomic E-state index is 12.8. The predicted octanol–water partition coefficient (Wildman–Crippen LogP) is 4.44. The van der Waals surface area contributed by atoms with Crippen LogP contribution in [0.2, 0.25) is 5.02 Å². The first-order valence-corrected chi connectivity index (χ1v) is 12.7. The van der Waals surface area contributed by atoms with Crippen LogP contribution >= 0.6 is 11.6 Å². The first-order chi connectivity index (χ1) is 17.7. The molecule has 3 aliphatic heterocycles. The summed E-state index contributed by atoms with van der Waals surface area (Å²) >= 11 is 6.27. The first kappa shape index (κ1) is 28.6. The van der Waals surface area contributed by atoms with Crippen LogP contribution in [0.5, 0.6) is 0 Å². The van der Waals surface area contributed by atoms with Crippen molar-refractivity contribution in [3.63, 3.8) is 0 Å². The van der Waals surface area contributed by atoms with Gasteiger partial charge in [0.25, 0.3) is 6.10 Å². The summed E-state index contributed by atoms with van der Waals surface area (Å²) < 4.78 is 80.4. The van der Waals surface area contributed by atoms with Crippen LogP contribution in [0.4, 0.5) is 36.8 Å². The minimum absolute atomic E-state index is 0.0293. The summed E-state index contributed by atoms with van der Waals surface area (Å²) in [6.45, 7) is 4.71. The molecule has 1 N–H and O–H groups in total. The number of alkyl halides is 6. The molecule has 4 rings (SSSR count). The Morgan fingerprint density at radius 1 is 1.03 bits per heavy atom. The van der Waals surface area contributed by atoms with Crippen molar-refractivity contribution in [1.29, 1.82) is 0 Å². The lowest BCUT2D eigenvalue weighted by molar-refractivity contribution is -0.308. The number of amides is 2. The highest BCUT2D eigenvalue weighted by molar-refractivity contribution is 6.30. The topological polar surface area (TPSA) is 65.1 Å². The molecule has 1 aromatic carbocycles. The van der Waals surface area contributed by atoms with Gasteiger partial charge in [0.05, 0.1) is 0 Å². The number of likely N-dealkylation sites (tertiary alicyclic amines) is 2. The van der Waals surface area contributed by atoms with E-state index in [-0.39, 0.29) is 36.9 Å². The van der Waals surface area contributed by atoms with Gasteiger partial charge in [0.15, 0.2) is 0 Å². The maximum absolute atomic E-state index is 12.8. The molecule has 2 unspecified atom stereocenters. The summed E-state index contributed by atoms with van der Waals surface area (Å²) in [5.41, 5.74) is 2.04. The second kappa shape index (κ2) is 11.0. The summed E-state index contributed by atoms with van der Waals surface area (Å²) in [5.74, 6) is -0.231. The molecule has 212 valence electrons. The van der Waals surface area contributed by atoms with E-state index in [2.05, 4.69) is 19.9 Å². The van der Waals surface area contributed by atoms with Crippen molar-refractivity contribution in [2.75, 3.05) is 44.2 Å². The Balaban J connectivity index is 1.34. The molecule has 3 fully saturated rings. The van der Waals surface area contributed by atoms with Crippen LogP contribution in [0, 0.1) is 11.8 Å². The summed E-state index contributed by atoms with van der Waals surface area (Å²) in [4.78, 5) is 28.8. The average molecular weight is 571 g/mol. The Morgan fingerprint density at radius 2 is 1.61 bits per heavy atom. The van der Waals surface area contributed by atoms with Crippen molar-refractivity contribution in [1.82, 2.24) is 15.1 Å². The van der Waals surface area contributed by atoms with Crippen LogP contribution in [0.1, 0.15) is 25.3 Å². The van der Waals surface area contributed by atoms with Crippen LogP contribution in [-0.4, -0.2) is 85.6 Å². The van der Waals surface area contributed by atoms with E-state index in [1.54, 1.807) is 0 Å². The number of carbonyl (C=O) groups is 2. The molecule has 2 amide bonds. The molecule has 1 aromatic rings. The third-order valence-corrected chi connectivity index (χ3v) is 7.55. The van der Waals surface area contributed by atoms with Gasteiger partial charge in [-0.05, 0) is 48.4 Å². The lowest BCUT2D eigenvalue weighted by atomic mass is 10.0. The monoisotopic (exact) mass is 570 g/mol. The van der Waals surface area contributed by atoms with Crippen molar-refractivity contribution in [2.45, 2.75) is 50.8 Å². The number of halogens is 7. The zero-order chi connectivity index (χ0) is 27.8. The van der Waals surface area contributed by atoms with Gasteiger partial charge in [-0.15, -0.1) is 0 Å². The standard InChI is InChI=1S/C24H29ClF6N4O3/c1-14(36)32-19-4-6-34(7-5-19)20-3-2-18(25)8-15(20)9-33-10-16-12-35(13-17(16)11-33)22(37)38-21(23(26,27)28)24(29,30)31/h2-3,8,16-17,19,21H,4-7,9-13H2,1H3,(H,32,36). The van der Waals surface area contributed by atoms with Gasteiger partial charge in [0.2, 0.25) is 5.91 Å². The van der Waals surface area contributed by atoms with Crippen LogP contribution in [-0.2, 0) is 16.1 Å². The quantitative estimate of drug-likeness (QED) is 0.531. The van der Waals surface area contributed by atoms with E-state index >= 15 is 0 Å². The number of fused-ring (bicyclic) bond motifs is 1. The number of hydrogen-bond acceptors (Lipinski definition) is 5. The van der Waals surface area contributed by atoms with E-state index in [0.717, 1.165) is 42.1 Å². The molecule has 3 aliphatic rings. The molecule has 0 aromatic heterocycles. The fourth-order valence-corrected chi connectivity index (χ4v) is 5.84. The minimum atomic E-state index is -5.74. The molecule has 0 bridgehead atoms. The van der Waals surface area contributed by atoms with Gasteiger partial charge in [0.1, 0.15) is 0 Å². The smallest absolute Gasteiger partial charge is 0.426 e. The van der Waals surface area contributed by atoms with E-state index in [4.69, 9.17) is 11.6 Å². The highest BCUT2D eigenvalue weighted by Gasteiger charge is 2.60. The van der Waals surface area contributed by atoms with E-state index in [1.807, 2.05) is 18.2 Å². The molecular formula is C24H29ClF6N4O3. The second-order valence-corrected chi connectivity index (χ2v) is 10.6. The SMILES string of the molecule is CC(=O)NC1CCN(c2ccc(Cl)cc2CN2CC3CN(C(=O)OC(C(F)(F)F)C(F)(F)F)CC3C2)CC1. The molecule has 3 saturated heterocycles. The fraction of sp³-hybridized carbons (Fsp3) is 0.667. The van der Waals surface area contributed by atoms with E-state index in [9.17, 15) is 35.9 Å². The van der Waals surface area contributed by atoms with Crippen molar-refractivity contribution in [3.8, 4) is 0 Å². The molecule has 0 aliphatic carbocycles. The zero-order valence-electron chi connectivity index (χ0n) is 20.6. The summed E-state index contributed by atoms with van der Waals surface area (Å²) in [6, 6.07) is 5.80. The van der Waals surface area contributed by atoms with E-state index in [1.165, 1.54) is 6.92 Å². The number of ether oxygens (including phenoxy) is 1. The molecule has 2 atom stereocenters. The van der Waals surface area contributed by atoms with Crippen molar-refractivity contribution < 1.29 is 40.7 Å². The number of nitrogens with one attached hydrogen (secondary N) is 1. The molecule has 0 radical (unpaired) electrons. The molecule has 3 heterocycles. The number of anilines is 1. The highest BCUT2D eigenvalue weighted by Crippen LogP contribution is 2.38. The summed E-state index contributed by atoms with van der Waals surface area (Å²) in [7, 11) is 0. The van der Waals surface area contributed by atoms with Gasteiger partial charge < -0.3 is 19.9 Å². The molecule has 0 spiro atoms. The van der Waals surface area contributed by atoms with Crippen molar-refractivity contribution in [2.24, 2.45) is 11.8 Å². The molecule has 38 heavy (non-hydrogen) atoms. The minimum Gasteiger partial charge on any atom is -0.426 e. The van der Waals surface area contributed by atoms with Gasteiger partial charge in [-0.2, -0.15) is 26.3 Å². The molecule has 0 saturated carbocycles. The van der Waals surface area contributed by atoms with Crippen LogP contribution < -0.4 is 10.2 Å². The Labute approximate surface area is 221 Å². The third-order valence-electron chi connectivity index (χ3n) is 7.31. The summed E-state index contributed by atoms with van der Waals surface area (Å²) in [6.07, 6.45) is -15.6. The van der Waals surface area contributed by atoms with Crippen molar-refractivity contribution in [3.05, 3.63) is 28.8 Å². The highest BCUT2D eigenvalue weighted by atomic mass is 35.5. The number of piperidine rings is 1. The van der Waals surface area contributed by atoms with Gasteiger partial charge in [-0.3, -0.25) is 9.69 Å². The Hall–Kier alpha value is -2.41. The molecule has 7 nitrogen and oxygen atoms in total. The van der Waals surface area contributed by atoms with E-state index < -0.39 is 24.5 Å². The van der Waals surface area contributed by atoms with Crippen molar-refractivity contribution >= 4 is 29.3 Å². The fourth-order valence-electron chi connectivity index (χ4n) is 5.65. The van der Waals surface area contributed by atoms with Gasteiger partial charge in [-0.25, -0.2) is 4.79 Å². The predicted molar refractivity (Wildman–Crippen MR) is 127 cm³/mol. The van der Waals surface area contributed by atoms with Gasteiger partial charge >= 0.3 is 18.4 Å². The Kier molecular flexibility index (Phi) is 8.27. The van der Waals surface area contributed by atoms with E-state index in [0.29, 0.717) is 24.7 Å². The van der Waals surface area contributed by atoms with Crippen LogP contribution in [0.25, 0.3) is 0 Å².